The molecule has 0 saturated heterocycles. The monoisotopic (exact) mass is 651 g/mol. The molecule has 3 aromatic rings. The number of nitrogens with zero attached hydrogens (tertiary/aromatic N) is 2. The summed E-state index contributed by atoms with van der Waals surface area (Å²) in [7, 11) is -4.41. The van der Waals surface area contributed by atoms with Gasteiger partial charge >= 0.3 is 0 Å². The summed E-state index contributed by atoms with van der Waals surface area (Å²) in [6.07, 6.45) is 0.910. The minimum Gasteiger partial charge on any atom is -0.486 e. The van der Waals surface area contributed by atoms with E-state index in [0.717, 1.165) is 16.4 Å². The highest BCUT2D eigenvalue weighted by Gasteiger charge is 2.34. The van der Waals surface area contributed by atoms with Crippen molar-refractivity contribution in [2.45, 2.75) is 44.2 Å². The zero-order valence-corrected chi connectivity index (χ0v) is 26.0. The van der Waals surface area contributed by atoms with Crippen LogP contribution < -0.4 is 19.1 Å². The number of rotatable bonds is 12. The summed E-state index contributed by atoms with van der Waals surface area (Å²) in [5.74, 6) is -1.04. The number of sulfonamides is 1. The Morgan fingerprint density at radius 1 is 0.977 bits per heavy atom. The Bertz CT molecular complexity index is 1550. The molecule has 0 saturated carbocycles. The highest BCUT2D eigenvalue weighted by atomic mass is 35.5. The second-order valence-corrected chi connectivity index (χ2v) is 12.4. The van der Waals surface area contributed by atoms with Crippen LogP contribution in [0.2, 0.25) is 10.0 Å². The summed E-state index contributed by atoms with van der Waals surface area (Å²) < 4.78 is 54.0. The van der Waals surface area contributed by atoms with Crippen molar-refractivity contribution in [2.75, 3.05) is 30.6 Å². The Labute approximate surface area is 260 Å². The number of carbonyl (C=O) groups is 2. The zero-order chi connectivity index (χ0) is 31.1. The third-order valence-corrected chi connectivity index (χ3v) is 9.30. The third-order valence-electron chi connectivity index (χ3n) is 6.82. The zero-order valence-electron chi connectivity index (χ0n) is 23.7. The van der Waals surface area contributed by atoms with E-state index in [1.807, 2.05) is 6.92 Å². The maximum atomic E-state index is 14.1. The summed E-state index contributed by atoms with van der Waals surface area (Å²) in [4.78, 5) is 28.5. The van der Waals surface area contributed by atoms with Gasteiger partial charge in [0.2, 0.25) is 11.8 Å². The highest BCUT2D eigenvalue weighted by Crippen LogP contribution is 2.35. The first-order valence-corrected chi connectivity index (χ1v) is 15.9. The van der Waals surface area contributed by atoms with Crippen LogP contribution in [0.25, 0.3) is 0 Å². The van der Waals surface area contributed by atoms with Gasteiger partial charge in [-0.1, -0.05) is 43.1 Å². The van der Waals surface area contributed by atoms with E-state index in [0.29, 0.717) is 30.9 Å². The van der Waals surface area contributed by atoms with Crippen molar-refractivity contribution in [1.29, 1.82) is 0 Å². The fourth-order valence-electron chi connectivity index (χ4n) is 4.59. The number of nitrogens with one attached hydrogen (secondary N) is 1. The second kappa shape index (κ2) is 14.3. The average Bonchev–Trinajstić information content (AvgIpc) is 3.00. The van der Waals surface area contributed by atoms with Crippen LogP contribution in [0.15, 0.2) is 65.6 Å². The van der Waals surface area contributed by atoms with Gasteiger partial charge in [-0.3, -0.25) is 13.9 Å². The van der Waals surface area contributed by atoms with Gasteiger partial charge in [0.05, 0.1) is 10.6 Å². The lowest BCUT2D eigenvalue weighted by atomic mass is 10.1. The minimum absolute atomic E-state index is 0.0452. The quantitative estimate of drug-likeness (QED) is 0.280. The van der Waals surface area contributed by atoms with E-state index in [9.17, 15) is 22.4 Å². The van der Waals surface area contributed by atoms with Crippen molar-refractivity contribution < 1.29 is 31.9 Å². The minimum atomic E-state index is -4.41. The Morgan fingerprint density at radius 3 is 2.26 bits per heavy atom. The molecule has 0 bridgehead atoms. The molecule has 13 heteroatoms. The molecule has 0 radical (unpaired) electrons. The number of halogens is 3. The molecule has 1 atom stereocenters. The molecule has 43 heavy (non-hydrogen) atoms. The summed E-state index contributed by atoms with van der Waals surface area (Å²) in [6, 6.07) is 12.8. The Hall–Kier alpha value is -3.54. The average molecular weight is 653 g/mol. The molecule has 1 heterocycles. The van der Waals surface area contributed by atoms with Crippen LogP contribution >= 0.6 is 23.2 Å². The molecule has 3 aromatic carbocycles. The predicted molar refractivity (Wildman–Crippen MR) is 163 cm³/mol. The van der Waals surface area contributed by atoms with Crippen LogP contribution in [-0.2, 0) is 26.2 Å². The van der Waals surface area contributed by atoms with Crippen LogP contribution in [0.1, 0.15) is 32.3 Å². The fourth-order valence-corrected chi connectivity index (χ4v) is 6.53. The van der Waals surface area contributed by atoms with Crippen LogP contribution in [0.3, 0.4) is 0 Å². The van der Waals surface area contributed by atoms with Crippen molar-refractivity contribution in [3.8, 4) is 11.5 Å². The van der Waals surface area contributed by atoms with Crippen LogP contribution in [0.4, 0.5) is 10.1 Å². The third kappa shape index (κ3) is 7.52. The number of hydrogen-bond acceptors (Lipinski definition) is 6. The molecule has 0 aromatic heterocycles. The van der Waals surface area contributed by atoms with Crippen LogP contribution in [0.5, 0.6) is 11.5 Å². The van der Waals surface area contributed by atoms with Crippen LogP contribution in [-0.4, -0.2) is 57.5 Å². The molecule has 1 N–H and O–H groups in total. The first-order chi connectivity index (χ1) is 20.6. The molecule has 0 unspecified atom stereocenters. The lowest BCUT2D eigenvalue weighted by Crippen LogP contribution is -2.52. The van der Waals surface area contributed by atoms with E-state index < -0.39 is 40.2 Å². The lowest BCUT2D eigenvalue weighted by molar-refractivity contribution is -0.140. The molecule has 230 valence electrons. The molecule has 1 aliphatic rings. The van der Waals surface area contributed by atoms with Crippen molar-refractivity contribution >= 4 is 50.7 Å². The number of ether oxygens (including phenoxy) is 2. The van der Waals surface area contributed by atoms with Crippen molar-refractivity contribution in [1.82, 2.24) is 10.2 Å². The smallest absolute Gasteiger partial charge is 0.264 e. The van der Waals surface area contributed by atoms with E-state index in [4.69, 9.17) is 32.7 Å². The van der Waals surface area contributed by atoms with Gasteiger partial charge in [-0.15, -0.1) is 0 Å². The van der Waals surface area contributed by atoms with E-state index in [1.165, 1.54) is 35.2 Å². The van der Waals surface area contributed by atoms with Crippen LogP contribution in [0, 0.1) is 5.82 Å². The molecule has 2 amide bonds. The number of fused-ring (bicyclic) bond motifs is 1. The fraction of sp³-hybridized carbons (Fsp3) is 0.333. The van der Waals surface area contributed by atoms with Gasteiger partial charge in [0.1, 0.15) is 31.6 Å². The standard InChI is InChI=1S/C30H32Cl2FN3O6S/c1-3-14-34-30(38)26(4-2)35(18-23-24(31)6-5-7-25(23)32)29(37)19-36(21-10-8-20(33)9-11-21)43(39,40)22-12-13-27-28(17-22)42-16-15-41-27/h5-13,17,26H,3-4,14-16,18-19H2,1-2H3,(H,34,38)/t26-/m0/s1. The SMILES string of the molecule is CCCNC(=O)[C@H](CC)N(Cc1c(Cl)cccc1Cl)C(=O)CN(c1ccc(F)cc1)S(=O)(=O)c1ccc2c(c1)OCCO2. The number of carbonyl (C=O) groups excluding carboxylic acids is 2. The molecular formula is C30H32Cl2FN3O6S. The Balaban J connectivity index is 1.76. The number of anilines is 1. The van der Waals surface area contributed by atoms with Gasteiger partial charge in [-0.05, 0) is 61.4 Å². The van der Waals surface area contributed by atoms with Gasteiger partial charge in [0, 0.05) is 34.8 Å². The van der Waals surface area contributed by atoms with Gasteiger partial charge in [-0.25, -0.2) is 12.8 Å². The molecular weight excluding hydrogens is 620 g/mol. The summed E-state index contributed by atoms with van der Waals surface area (Å²) in [6.45, 7) is 3.74. The van der Waals surface area contributed by atoms with E-state index in [2.05, 4.69) is 5.32 Å². The van der Waals surface area contributed by atoms with Gasteiger partial charge in [-0.2, -0.15) is 0 Å². The van der Waals surface area contributed by atoms with Crippen molar-refractivity contribution in [3.05, 3.63) is 82.1 Å². The highest BCUT2D eigenvalue weighted by molar-refractivity contribution is 7.92. The summed E-state index contributed by atoms with van der Waals surface area (Å²) in [5, 5.41) is 3.38. The second-order valence-electron chi connectivity index (χ2n) is 9.73. The number of amides is 2. The number of benzene rings is 3. The first kappa shape index (κ1) is 32.4. The summed E-state index contributed by atoms with van der Waals surface area (Å²) >= 11 is 12.9. The van der Waals surface area contributed by atoms with E-state index in [-0.39, 0.29) is 46.0 Å². The topological polar surface area (TPSA) is 105 Å². The van der Waals surface area contributed by atoms with Gasteiger partial charge in [0.25, 0.3) is 10.0 Å². The largest absolute Gasteiger partial charge is 0.486 e. The first-order valence-electron chi connectivity index (χ1n) is 13.7. The van der Waals surface area contributed by atoms with E-state index in [1.54, 1.807) is 25.1 Å². The molecule has 4 rings (SSSR count). The summed E-state index contributed by atoms with van der Waals surface area (Å²) in [5.41, 5.74) is 0.452. The van der Waals surface area contributed by atoms with Gasteiger partial charge in [0.15, 0.2) is 11.5 Å². The molecule has 9 nitrogen and oxygen atoms in total. The predicted octanol–water partition coefficient (Wildman–Crippen LogP) is 5.43. The maximum Gasteiger partial charge on any atom is 0.264 e. The maximum absolute atomic E-state index is 14.1. The Kier molecular flexibility index (Phi) is 10.8. The Morgan fingerprint density at radius 2 is 1.63 bits per heavy atom. The molecule has 0 spiro atoms. The van der Waals surface area contributed by atoms with Crippen molar-refractivity contribution in [2.24, 2.45) is 0 Å². The lowest BCUT2D eigenvalue weighted by Gasteiger charge is -2.33. The van der Waals surface area contributed by atoms with Gasteiger partial charge < -0.3 is 19.7 Å². The molecule has 1 aliphatic heterocycles. The number of hydrogen-bond donors (Lipinski definition) is 1. The van der Waals surface area contributed by atoms with Crippen molar-refractivity contribution in [3.63, 3.8) is 0 Å². The van der Waals surface area contributed by atoms with E-state index >= 15 is 0 Å². The molecule has 0 fully saturated rings. The molecule has 0 aliphatic carbocycles. The normalized spacial score (nSPS) is 13.2.